The van der Waals surface area contributed by atoms with Crippen molar-refractivity contribution in [2.75, 3.05) is 31.5 Å². The van der Waals surface area contributed by atoms with Gasteiger partial charge in [-0.2, -0.15) is 4.31 Å². The van der Waals surface area contributed by atoms with Crippen molar-refractivity contribution in [3.63, 3.8) is 0 Å². The summed E-state index contributed by atoms with van der Waals surface area (Å²) in [4.78, 5) is 26.9. The average molecular weight is 468 g/mol. The summed E-state index contributed by atoms with van der Waals surface area (Å²) in [5.41, 5.74) is 0.258. The number of likely N-dealkylation sites (tertiary alicyclic amines) is 1. The van der Waals surface area contributed by atoms with Crippen molar-refractivity contribution in [2.24, 2.45) is 5.92 Å². The lowest BCUT2D eigenvalue weighted by Crippen LogP contribution is -2.41. The van der Waals surface area contributed by atoms with Crippen molar-refractivity contribution >= 4 is 39.1 Å². The maximum Gasteiger partial charge on any atom is 0.289 e. The fourth-order valence-corrected chi connectivity index (χ4v) is 5.26. The fourth-order valence-electron chi connectivity index (χ4n) is 3.61. The van der Waals surface area contributed by atoms with E-state index in [0.717, 1.165) is 0 Å². The van der Waals surface area contributed by atoms with E-state index in [1.54, 1.807) is 30.9 Å². The lowest BCUT2D eigenvalue weighted by molar-refractivity contribution is -0.121. The van der Waals surface area contributed by atoms with E-state index in [1.165, 1.54) is 28.8 Å². The topological polar surface area (TPSA) is 99.9 Å². The summed E-state index contributed by atoms with van der Waals surface area (Å²) in [5, 5.41) is 3.02. The van der Waals surface area contributed by atoms with Gasteiger partial charge in [0.05, 0.1) is 21.9 Å². The molecule has 1 saturated heterocycles. The zero-order chi connectivity index (χ0) is 22.6. The number of anilines is 1. The zero-order valence-corrected chi connectivity index (χ0v) is 19.1. The van der Waals surface area contributed by atoms with Crippen molar-refractivity contribution in [3.05, 3.63) is 47.4 Å². The first-order valence-corrected chi connectivity index (χ1v) is 12.0. The number of halogens is 1. The predicted molar refractivity (Wildman–Crippen MR) is 118 cm³/mol. The van der Waals surface area contributed by atoms with Crippen molar-refractivity contribution in [2.45, 2.75) is 31.6 Å². The molecule has 8 nitrogen and oxygen atoms in total. The Kier molecular flexibility index (Phi) is 7.40. The van der Waals surface area contributed by atoms with Gasteiger partial charge in [0, 0.05) is 32.1 Å². The molecular weight excluding hydrogens is 442 g/mol. The summed E-state index contributed by atoms with van der Waals surface area (Å²) in [7, 11) is -3.67. The lowest BCUT2D eigenvalue weighted by atomic mass is 9.95. The van der Waals surface area contributed by atoms with Gasteiger partial charge in [-0.1, -0.05) is 25.4 Å². The molecule has 0 radical (unpaired) electrons. The summed E-state index contributed by atoms with van der Waals surface area (Å²) in [6, 6.07) is 7.57. The van der Waals surface area contributed by atoms with E-state index in [-0.39, 0.29) is 39.1 Å². The Morgan fingerprint density at radius 1 is 1.19 bits per heavy atom. The predicted octanol–water partition coefficient (Wildman–Crippen LogP) is 3.45. The van der Waals surface area contributed by atoms with E-state index >= 15 is 0 Å². The Hall–Kier alpha value is -2.36. The molecule has 0 atom stereocenters. The van der Waals surface area contributed by atoms with Crippen LogP contribution in [0.4, 0.5) is 5.69 Å². The van der Waals surface area contributed by atoms with Crippen LogP contribution in [-0.4, -0.2) is 55.6 Å². The highest BCUT2D eigenvalue weighted by molar-refractivity contribution is 7.89. The number of hydrogen-bond acceptors (Lipinski definition) is 5. The quantitative estimate of drug-likeness (QED) is 0.672. The molecule has 2 amide bonds. The van der Waals surface area contributed by atoms with Crippen molar-refractivity contribution in [1.82, 2.24) is 9.21 Å². The molecule has 0 spiro atoms. The Bertz CT molecular complexity index is 1030. The smallest absolute Gasteiger partial charge is 0.289 e. The molecule has 10 heteroatoms. The number of furan rings is 1. The van der Waals surface area contributed by atoms with Crippen LogP contribution < -0.4 is 5.32 Å². The molecular formula is C21H26ClN3O5S. The number of carbonyl (C=O) groups is 2. The van der Waals surface area contributed by atoms with E-state index in [2.05, 4.69) is 5.32 Å². The molecule has 0 saturated carbocycles. The molecule has 31 heavy (non-hydrogen) atoms. The van der Waals surface area contributed by atoms with Crippen molar-refractivity contribution in [1.29, 1.82) is 0 Å². The number of carbonyl (C=O) groups excluding carboxylic acids is 2. The van der Waals surface area contributed by atoms with Gasteiger partial charge in [-0.15, -0.1) is 0 Å². The third-order valence-electron chi connectivity index (χ3n) is 5.42. The van der Waals surface area contributed by atoms with Gasteiger partial charge in [0.25, 0.3) is 5.91 Å². The van der Waals surface area contributed by atoms with Crippen LogP contribution in [0, 0.1) is 5.92 Å². The zero-order valence-electron chi connectivity index (χ0n) is 17.5. The Morgan fingerprint density at radius 2 is 1.87 bits per heavy atom. The first-order chi connectivity index (χ1) is 14.8. The van der Waals surface area contributed by atoms with Gasteiger partial charge in [0.15, 0.2) is 5.76 Å². The lowest BCUT2D eigenvalue weighted by Gasteiger charge is -2.30. The van der Waals surface area contributed by atoms with Crippen LogP contribution in [0.3, 0.4) is 0 Å². The number of sulfonamides is 1. The maximum absolute atomic E-state index is 12.8. The molecule has 0 bridgehead atoms. The van der Waals surface area contributed by atoms with E-state index < -0.39 is 10.0 Å². The van der Waals surface area contributed by atoms with Crippen LogP contribution in [0.15, 0.2) is 45.9 Å². The molecule has 1 fully saturated rings. The minimum Gasteiger partial charge on any atom is -0.459 e. The summed E-state index contributed by atoms with van der Waals surface area (Å²) >= 11 is 6.21. The maximum atomic E-state index is 12.8. The highest BCUT2D eigenvalue weighted by atomic mass is 35.5. The molecule has 0 aliphatic carbocycles. The van der Waals surface area contributed by atoms with Gasteiger partial charge in [0.1, 0.15) is 0 Å². The van der Waals surface area contributed by atoms with Crippen LogP contribution in [-0.2, 0) is 14.8 Å². The van der Waals surface area contributed by atoms with E-state index in [9.17, 15) is 18.0 Å². The van der Waals surface area contributed by atoms with E-state index in [4.69, 9.17) is 16.0 Å². The second-order valence-electron chi connectivity index (χ2n) is 7.26. The Labute approximate surface area is 187 Å². The molecule has 168 valence electrons. The standard InChI is InChI=1S/C21H26ClN3O5S/c1-3-25(4-2)31(28,29)16-7-8-17(22)18(14-16)23-20(26)15-9-11-24(12-10-15)21(27)19-6-5-13-30-19/h5-8,13-15H,3-4,9-12H2,1-2H3,(H,23,26). The summed E-state index contributed by atoms with van der Waals surface area (Å²) in [6.45, 7) is 5.09. The first kappa shape index (κ1) is 23.3. The second kappa shape index (κ2) is 9.84. The first-order valence-electron chi connectivity index (χ1n) is 10.2. The third-order valence-corrected chi connectivity index (χ3v) is 7.80. The normalized spacial score (nSPS) is 15.3. The number of nitrogens with zero attached hydrogens (tertiary/aromatic N) is 2. The van der Waals surface area contributed by atoms with E-state index in [1.807, 2.05) is 0 Å². The van der Waals surface area contributed by atoms with Crippen molar-refractivity contribution < 1.29 is 22.4 Å². The Morgan fingerprint density at radius 3 is 2.45 bits per heavy atom. The summed E-state index contributed by atoms with van der Waals surface area (Å²) in [6.07, 6.45) is 2.44. The second-order valence-corrected chi connectivity index (χ2v) is 9.61. The number of rotatable bonds is 7. The summed E-state index contributed by atoms with van der Waals surface area (Å²) in [5.74, 6) is -0.466. The average Bonchev–Trinajstić information content (AvgIpc) is 3.30. The fraction of sp³-hybridized carbons (Fsp3) is 0.429. The van der Waals surface area contributed by atoms with Crippen LogP contribution >= 0.6 is 11.6 Å². The van der Waals surface area contributed by atoms with Crippen LogP contribution in [0.1, 0.15) is 37.2 Å². The Balaban J connectivity index is 1.66. The molecule has 3 rings (SSSR count). The molecule has 0 unspecified atom stereocenters. The summed E-state index contributed by atoms with van der Waals surface area (Å²) < 4.78 is 32.0. The molecule has 2 aromatic rings. The number of hydrogen-bond donors (Lipinski definition) is 1. The molecule has 2 heterocycles. The van der Waals surface area contributed by atoms with Crippen molar-refractivity contribution in [3.8, 4) is 0 Å². The monoisotopic (exact) mass is 467 g/mol. The van der Waals surface area contributed by atoms with Gasteiger partial charge in [-0.05, 0) is 43.2 Å². The number of amides is 2. The molecule has 1 aliphatic rings. The highest BCUT2D eigenvalue weighted by Crippen LogP contribution is 2.29. The minimum atomic E-state index is -3.67. The third kappa shape index (κ3) is 5.11. The van der Waals surface area contributed by atoms with Crippen LogP contribution in [0.5, 0.6) is 0 Å². The highest BCUT2D eigenvalue weighted by Gasteiger charge is 2.29. The van der Waals surface area contributed by atoms with Gasteiger partial charge in [0.2, 0.25) is 15.9 Å². The molecule has 1 N–H and O–H groups in total. The minimum absolute atomic E-state index is 0.0785. The van der Waals surface area contributed by atoms with Gasteiger partial charge < -0.3 is 14.6 Å². The molecule has 1 aromatic heterocycles. The van der Waals surface area contributed by atoms with Gasteiger partial charge in [-0.25, -0.2) is 8.42 Å². The van der Waals surface area contributed by atoms with Gasteiger partial charge in [-0.3, -0.25) is 9.59 Å². The van der Waals surface area contributed by atoms with Gasteiger partial charge >= 0.3 is 0 Å². The largest absolute Gasteiger partial charge is 0.459 e. The SMILES string of the molecule is CCN(CC)S(=O)(=O)c1ccc(Cl)c(NC(=O)C2CCN(C(=O)c3ccco3)CC2)c1. The molecule has 1 aromatic carbocycles. The number of piperidine rings is 1. The van der Waals surface area contributed by atoms with Crippen LogP contribution in [0.2, 0.25) is 5.02 Å². The molecule has 1 aliphatic heterocycles. The van der Waals surface area contributed by atoms with E-state index in [0.29, 0.717) is 39.0 Å². The number of benzene rings is 1. The number of nitrogens with one attached hydrogen (secondary N) is 1. The van der Waals surface area contributed by atoms with Crippen LogP contribution in [0.25, 0.3) is 0 Å².